The predicted molar refractivity (Wildman–Crippen MR) is 101 cm³/mol. The number of ether oxygens (including phenoxy) is 1. The summed E-state index contributed by atoms with van der Waals surface area (Å²) in [5.41, 5.74) is 3.83. The summed E-state index contributed by atoms with van der Waals surface area (Å²) in [4.78, 5) is 14.1. The van der Waals surface area contributed by atoms with E-state index in [1.54, 1.807) is 11.2 Å². The van der Waals surface area contributed by atoms with Crippen LogP contribution in [0, 0.1) is 6.92 Å². The van der Waals surface area contributed by atoms with Crippen molar-refractivity contribution in [3.8, 4) is 0 Å². The van der Waals surface area contributed by atoms with Crippen molar-refractivity contribution in [2.24, 2.45) is 0 Å². The molecule has 4 heteroatoms. The van der Waals surface area contributed by atoms with E-state index in [1.807, 2.05) is 40.7 Å². The average Bonchev–Trinajstić information content (AvgIpc) is 2.76. The average molecular weight is 343 g/mol. The van der Waals surface area contributed by atoms with Crippen LogP contribution >= 0.6 is 0 Å². The van der Waals surface area contributed by atoms with Crippen molar-refractivity contribution < 1.29 is 13.9 Å². The number of hydrogen-bond donors (Lipinski definition) is 0. The molecule has 0 fully saturated rings. The number of rotatable bonds is 3. The standard InChI is InChI=1S/C21H29NO3/c1-15(2)14-18(19-16(3)10-13-24-19)17-8-7-11-22(12-9-17)20(23)25-21(4,5)6/h9-10,13-14H,1,7-8,11-12H2,2-6H3/b18-14-. The molecule has 25 heavy (non-hydrogen) atoms. The number of carbonyl (C=O) groups excluding carboxylic acids is 1. The first-order chi connectivity index (χ1) is 11.7. The molecule has 0 saturated carbocycles. The monoisotopic (exact) mass is 343 g/mol. The van der Waals surface area contributed by atoms with Crippen molar-refractivity contribution in [1.29, 1.82) is 0 Å². The van der Waals surface area contributed by atoms with Gasteiger partial charge in [0.25, 0.3) is 0 Å². The summed E-state index contributed by atoms with van der Waals surface area (Å²) in [7, 11) is 0. The lowest BCUT2D eigenvalue weighted by Gasteiger charge is -2.25. The zero-order valence-corrected chi connectivity index (χ0v) is 16.0. The van der Waals surface area contributed by atoms with Gasteiger partial charge in [0.2, 0.25) is 0 Å². The summed E-state index contributed by atoms with van der Waals surface area (Å²) in [6, 6.07) is 1.96. The molecule has 4 nitrogen and oxygen atoms in total. The minimum atomic E-state index is -0.480. The lowest BCUT2D eigenvalue weighted by atomic mass is 9.95. The molecule has 0 N–H and O–H groups in total. The molecule has 0 atom stereocenters. The topological polar surface area (TPSA) is 42.7 Å². The van der Waals surface area contributed by atoms with Gasteiger partial charge < -0.3 is 14.1 Å². The second kappa shape index (κ2) is 7.77. The van der Waals surface area contributed by atoms with Crippen LogP contribution in [0.5, 0.6) is 0 Å². The Labute approximate surface area is 150 Å². The van der Waals surface area contributed by atoms with Crippen molar-refractivity contribution >= 4 is 11.7 Å². The van der Waals surface area contributed by atoms with Crippen LogP contribution in [0.25, 0.3) is 5.57 Å². The quantitative estimate of drug-likeness (QED) is 0.680. The van der Waals surface area contributed by atoms with Crippen LogP contribution in [0.1, 0.15) is 51.9 Å². The van der Waals surface area contributed by atoms with Crippen LogP contribution in [0.2, 0.25) is 0 Å². The zero-order chi connectivity index (χ0) is 18.6. The Morgan fingerprint density at radius 1 is 1.40 bits per heavy atom. The molecule has 2 heterocycles. The van der Waals surface area contributed by atoms with Gasteiger partial charge in [-0.15, -0.1) is 0 Å². The zero-order valence-electron chi connectivity index (χ0n) is 16.0. The lowest BCUT2D eigenvalue weighted by molar-refractivity contribution is 0.0273. The van der Waals surface area contributed by atoms with E-state index in [0.29, 0.717) is 13.1 Å². The Bertz CT molecular complexity index is 701. The van der Waals surface area contributed by atoms with Crippen LogP contribution in [0.4, 0.5) is 4.79 Å². The number of aryl methyl sites for hydroxylation is 1. The molecule has 0 unspecified atom stereocenters. The molecular formula is C21H29NO3. The molecule has 0 saturated heterocycles. The number of allylic oxidation sites excluding steroid dienone is 4. The number of hydrogen-bond acceptors (Lipinski definition) is 3. The van der Waals surface area contributed by atoms with Gasteiger partial charge in [-0.25, -0.2) is 4.79 Å². The van der Waals surface area contributed by atoms with Gasteiger partial charge in [-0.3, -0.25) is 0 Å². The number of carbonyl (C=O) groups is 1. The first-order valence-electron chi connectivity index (χ1n) is 8.76. The van der Waals surface area contributed by atoms with Gasteiger partial charge in [-0.1, -0.05) is 18.2 Å². The van der Waals surface area contributed by atoms with Gasteiger partial charge in [-0.2, -0.15) is 0 Å². The Kier molecular flexibility index (Phi) is 5.93. The Balaban J connectivity index is 2.24. The summed E-state index contributed by atoms with van der Waals surface area (Å²) < 4.78 is 11.2. The summed E-state index contributed by atoms with van der Waals surface area (Å²) in [5, 5.41) is 0. The summed E-state index contributed by atoms with van der Waals surface area (Å²) in [5.74, 6) is 0.875. The van der Waals surface area contributed by atoms with Crippen LogP contribution in [-0.4, -0.2) is 29.7 Å². The molecule has 0 bridgehead atoms. The molecule has 1 aliphatic heterocycles. The van der Waals surface area contributed by atoms with E-state index in [0.717, 1.165) is 35.3 Å². The molecule has 136 valence electrons. The maximum absolute atomic E-state index is 12.3. The van der Waals surface area contributed by atoms with E-state index in [4.69, 9.17) is 9.15 Å². The third-order valence-corrected chi connectivity index (χ3v) is 3.93. The Hall–Kier alpha value is -2.23. The van der Waals surface area contributed by atoms with E-state index in [-0.39, 0.29) is 6.09 Å². The van der Waals surface area contributed by atoms with Crippen molar-refractivity contribution in [1.82, 2.24) is 4.90 Å². The van der Waals surface area contributed by atoms with Crippen LogP contribution < -0.4 is 0 Å². The molecule has 0 aliphatic carbocycles. The second-order valence-corrected chi connectivity index (χ2v) is 7.60. The SMILES string of the molecule is C=C(C)/C=C(/C1=CCN(C(=O)OC(C)(C)C)CCC1)c1occc1C. The number of furan rings is 1. The first kappa shape index (κ1) is 19.1. The second-order valence-electron chi connectivity index (χ2n) is 7.60. The Morgan fingerprint density at radius 2 is 2.12 bits per heavy atom. The third-order valence-electron chi connectivity index (χ3n) is 3.93. The summed E-state index contributed by atoms with van der Waals surface area (Å²) >= 11 is 0. The molecule has 1 amide bonds. The smallest absolute Gasteiger partial charge is 0.410 e. The summed E-state index contributed by atoms with van der Waals surface area (Å²) in [6.07, 6.45) is 7.39. The summed E-state index contributed by atoms with van der Waals surface area (Å²) in [6.45, 7) is 14.9. The van der Waals surface area contributed by atoms with E-state index >= 15 is 0 Å². The molecule has 1 aromatic heterocycles. The highest BCUT2D eigenvalue weighted by atomic mass is 16.6. The third kappa shape index (κ3) is 5.38. The molecule has 0 radical (unpaired) electrons. The maximum atomic E-state index is 12.3. The maximum Gasteiger partial charge on any atom is 0.410 e. The minimum absolute atomic E-state index is 0.260. The number of amides is 1. The van der Waals surface area contributed by atoms with Crippen molar-refractivity contribution in [3.05, 3.63) is 53.5 Å². The van der Waals surface area contributed by atoms with Crippen molar-refractivity contribution in [2.75, 3.05) is 13.1 Å². The van der Waals surface area contributed by atoms with Gasteiger partial charge in [-0.05, 0) is 70.7 Å². The normalized spacial score (nSPS) is 16.3. The molecule has 2 rings (SSSR count). The fourth-order valence-corrected chi connectivity index (χ4v) is 2.81. The molecule has 0 aromatic carbocycles. The van der Waals surface area contributed by atoms with Gasteiger partial charge in [0.05, 0.1) is 6.26 Å². The van der Waals surface area contributed by atoms with Crippen molar-refractivity contribution in [3.63, 3.8) is 0 Å². The highest BCUT2D eigenvalue weighted by Crippen LogP contribution is 2.32. The van der Waals surface area contributed by atoms with Gasteiger partial charge >= 0.3 is 6.09 Å². The van der Waals surface area contributed by atoms with Gasteiger partial charge in [0.1, 0.15) is 11.4 Å². The van der Waals surface area contributed by atoms with Crippen LogP contribution in [0.15, 0.2) is 46.6 Å². The van der Waals surface area contributed by atoms with Gasteiger partial charge in [0.15, 0.2) is 0 Å². The van der Waals surface area contributed by atoms with E-state index < -0.39 is 5.60 Å². The van der Waals surface area contributed by atoms with Crippen LogP contribution in [0.3, 0.4) is 0 Å². The molecular weight excluding hydrogens is 314 g/mol. The molecule has 1 aliphatic rings. The van der Waals surface area contributed by atoms with Gasteiger partial charge in [0, 0.05) is 18.7 Å². The van der Waals surface area contributed by atoms with Crippen molar-refractivity contribution in [2.45, 2.75) is 53.1 Å². The fraction of sp³-hybridized carbons (Fsp3) is 0.476. The first-order valence-corrected chi connectivity index (χ1v) is 8.76. The predicted octanol–water partition coefficient (Wildman–Crippen LogP) is 5.50. The van der Waals surface area contributed by atoms with E-state index in [1.165, 1.54) is 5.57 Å². The molecule has 1 aromatic rings. The Morgan fingerprint density at radius 3 is 2.68 bits per heavy atom. The van der Waals surface area contributed by atoms with E-state index in [2.05, 4.69) is 18.7 Å². The fourth-order valence-electron chi connectivity index (χ4n) is 2.81. The van der Waals surface area contributed by atoms with Crippen LogP contribution in [-0.2, 0) is 4.74 Å². The highest BCUT2D eigenvalue weighted by Gasteiger charge is 2.24. The minimum Gasteiger partial charge on any atom is -0.464 e. The lowest BCUT2D eigenvalue weighted by Crippen LogP contribution is -2.37. The highest BCUT2D eigenvalue weighted by molar-refractivity contribution is 5.80. The largest absolute Gasteiger partial charge is 0.464 e. The van der Waals surface area contributed by atoms with E-state index in [9.17, 15) is 4.79 Å². The number of nitrogens with zero attached hydrogens (tertiary/aromatic N) is 1. The molecule has 0 spiro atoms.